The number of carboxylic acid groups (broad SMARTS) is 1. The summed E-state index contributed by atoms with van der Waals surface area (Å²) in [4.78, 5) is 29.3. The summed E-state index contributed by atoms with van der Waals surface area (Å²) < 4.78 is 0. The van der Waals surface area contributed by atoms with E-state index in [4.69, 9.17) is 0 Å². The van der Waals surface area contributed by atoms with Crippen LogP contribution in [0.1, 0.15) is 19.3 Å². The van der Waals surface area contributed by atoms with Crippen LogP contribution in [0.25, 0.3) is 0 Å². The number of pyridine rings is 1. The fourth-order valence-electron chi connectivity index (χ4n) is 3.43. The van der Waals surface area contributed by atoms with Crippen LogP contribution in [-0.4, -0.2) is 40.1 Å². The monoisotopic (exact) mass is 275 g/mol. The molecular weight excluding hydrogens is 258 g/mol. The standard InChI is InChI=1S/C14H17N3O3/c18-12(19)14-5-1-3-10(14)8-17(9-14)13(20)16-11-4-2-6-15-7-11/h2,4,6-7,10H,1,3,5,8-9H2,(H,16,20)(H,18,19)/t10-,14+/m0/s1. The fraction of sp³-hybridized carbons (Fsp3) is 0.500. The van der Waals surface area contributed by atoms with Crippen molar-refractivity contribution in [3.63, 3.8) is 0 Å². The second-order valence-electron chi connectivity index (χ2n) is 5.60. The molecule has 2 fully saturated rings. The van der Waals surface area contributed by atoms with Gasteiger partial charge in [0, 0.05) is 19.3 Å². The molecule has 2 amide bonds. The molecule has 1 saturated carbocycles. The molecule has 0 spiro atoms. The van der Waals surface area contributed by atoms with Crippen molar-refractivity contribution in [2.24, 2.45) is 11.3 Å². The number of fused-ring (bicyclic) bond motifs is 1. The van der Waals surface area contributed by atoms with Crippen LogP contribution >= 0.6 is 0 Å². The Hall–Kier alpha value is -2.11. The number of urea groups is 1. The van der Waals surface area contributed by atoms with E-state index in [1.165, 1.54) is 0 Å². The van der Waals surface area contributed by atoms with E-state index in [1.54, 1.807) is 29.4 Å². The molecule has 6 nitrogen and oxygen atoms in total. The first kappa shape index (κ1) is 12.9. The minimum atomic E-state index is -0.767. The summed E-state index contributed by atoms with van der Waals surface area (Å²) in [6.45, 7) is 0.831. The minimum absolute atomic E-state index is 0.0830. The third kappa shape index (κ3) is 2.01. The molecule has 2 atom stereocenters. The van der Waals surface area contributed by atoms with E-state index < -0.39 is 11.4 Å². The molecule has 2 aliphatic rings. The molecular formula is C14H17N3O3. The lowest BCUT2D eigenvalue weighted by atomic mass is 9.81. The molecule has 1 aliphatic heterocycles. The number of hydrogen-bond donors (Lipinski definition) is 2. The highest BCUT2D eigenvalue weighted by molar-refractivity contribution is 5.90. The Bertz CT molecular complexity index is 534. The van der Waals surface area contributed by atoms with Crippen molar-refractivity contribution >= 4 is 17.7 Å². The van der Waals surface area contributed by atoms with E-state index in [1.807, 2.05) is 0 Å². The van der Waals surface area contributed by atoms with Crippen LogP contribution < -0.4 is 5.32 Å². The van der Waals surface area contributed by atoms with Crippen molar-refractivity contribution in [2.75, 3.05) is 18.4 Å². The smallest absolute Gasteiger partial charge is 0.321 e. The van der Waals surface area contributed by atoms with E-state index in [0.717, 1.165) is 12.8 Å². The molecule has 1 aromatic heterocycles. The lowest BCUT2D eigenvalue weighted by Gasteiger charge is -2.23. The maximum absolute atomic E-state index is 12.2. The second kappa shape index (κ2) is 4.77. The Balaban J connectivity index is 1.71. The fourth-order valence-corrected chi connectivity index (χ4v) is 3.43. The van der Waals surface area contributed by atoms with E-state index in [0.29, 0.717) is 25.2 Å². The summed E-state index contributed by atoms with van der Waals surface area (Å²) in [5, 5.41) is 12.3. The molecule has 20 heavy (non-hydrogen) atoms. The van der Waals surface area contributed by atoms with Gasteiger partial charge in [-0.1, -0.05) is 6.42 Å². The average molecular weight is 275 g/mol. The SMILES string of the molecule is O=C(Nc1cccnc1)N1C[C@@H]2CCC[C@@]2(C(=O)O)C1. The number of aliphatic carboxylic acids is 1. The van der Waals surface area contributed by atoms with Crippen LogP contribution in [0.2, 0.25) is 0 Å². The van der Waals surface area contributed by atoms with Crippen LogP contribution in [-0.2, 0) is 4.79 Å². The number of carbonyl (C=O) groups excluding carboxylic acids is 1. The van der Waals surface area contributed by atoms with Crippen LogP contribution in [0.15, 0.2) is 24.5 Å². The average Bonchev–Trinajstić information content (AvgIpc) is 2.97. The number of nitrogens with zero attached hydrogens (tertiary/aromatic N) is 2. The van der Waals surface area contributed by atoms with Gasteiger partial charge in [0.05, 0.1) is 17.3 Å². The number of carbonyl (C=O) groups is 2. The minimum Gasteiger partial charge on any atom is -0.481 e. The number of aromatic nitrogens is 1. The summed E-state index contributed by atoms with van der Waals surface area (Å²) in [7, 11) is 0. The Morgan fingerprint density at radius 3 is 3.00 bits per heavy atom. The van der Waals surface area contributed by atoms with E-state index in [2.05, 4.69) is 10.3 Å². The Kier molecular flexibility index (Phi) is 3.08. The summed E-state index contributed by atoms with van der Waals surface area (Å²) in [5.74, 6) is -0.684. The number of nitrogens with one attached hydrogen (secondary N) is 1. The molecule has 1 aliphatic carbocycles. The zero-order chi connectivity index (χ0) is 14.2. The van der Waals surface area contributed by atoms with Gasteiger partial charge in [-0.15, -0.1) is 0 Å². The summed E-state index contributed by atoms with van der Waals surface area (Å²) in [6.07, 6.45) is 5.71. The van der Waals surface area contributed by atoms with Gasteiger partial charge >= 0.3 is 12.0 Å². The molecule has 0 unspecified atom stereocenters. The van der Waals surface area contributed by atoms with E-state index in [-0.39, 0.29) is 11.9 Å². The van der Waals surface area contributed by atoms with Crippen LogP contribution in [0.3, 0.4) is 0 Å². The topological polar surface area (TPSA) is 82.5 Å². The predicted octanol–water partition coefficient (Wildman–Crippen LogP) is 1.80. The lowest BCUT2D eigenvalue weighted by Crippen LogP contribution is -2.38. The first-order chi connectivity index (χ1) is 9.62. The maximum atomic E-state index is 12.2. The first-order valence-electron chi connectivity index (χ1n) is 6.81. The number of rotatable bonds is 2. The van der Waals surface area contributed by atoms with Gasteiger partial charge in [0.1, 0.15) is 0 Å². The molecule has 106 valence electrons. The van der Waals surface area contributed by atoms with Gasteiger partial charge in [0.2, 0.25) is 0 Å². The van der Waals surface area contributed by atoms with Crippen LogP contribution in [0.5, 0.6) is 0 Å². The van der Waals surface area contributed by atoms with Crippen molar-refractivity contribution in [2.45, 2.75) is 19.3 Å². The van der Waals surface area contributed by atoms with Gasteiger partial charge in [-0.25, -0.2) is 4.79 Å². The molecule has 0 radical (unpaired) electrons. The number of anilines is 1. The molecule has 1 aromatic rings. The molecule has 2 heterocycles. The van der Waals surface area contributed by atoms with Crippen molar-refractivity contribution in [3.05, 3.63) is 24.5 Å². The first-order valence-corrected chi connectivity index (χ1v) is 6.81. The van der Waals surface area contributed by atoms with Crippen LogP contribution in [0, 0.1) is 11.3 Å². The normalized spacial score (nSPS) is 28.2. The number of carboxylic acids is 1. The molecule has 2 N–H and O–H groups in total. The van der Waals surface area contributed by atoms with Gasteiger partial charge in [0.25, 0.3) is 0 Å². The van der Waals surface area contributed by atoms with Gasteiger partial charge < -0.3 is 15.3 Å². The zero-order valence-corrected chi connectivity index (χ0v) is 11.1. The Morgan fingerprint density at radius 1 is 1.50 bits per heavy atom. The summed E-state index contributed by atoms with van der Waals surface area (Å²) >= 11 is 0. The molecule has 0 aromatic carbocycles. The maximum Gasteiger partial charge on any atom is 0.321 e. The third-order valence-electron chi connectivity index (χ3n) is 4.50. The molecule has 6 heteroatoms. The number of hydrogen-bond acceptors (Lipinski definition) is 3. The number of amides is 2. The van der Waals surface area contributed by atoms with Crippen molar-refractivity contribution in [1.29, 1.82) is 0 Å². The van der Waals surface area contributed by atoms with Crippen LogP contribution in [0.4, 0.5) is 10.5 Å². The van der Waals surface area contributed by atoms with Gasteiger partial charge in [-0.05, 0) is 30.9 Å². The van der Waals surface area contributed by atoms with Crippen molar-refractivity contribution in [1.82, 2.24) is 9.88 Å². The molecule has 0 bridgehead atoms. The van der Waals surface area contributed by atoms with Gasteiger partial charge in [-0.3, -0.25) is 9.78 Å². The van der Waals surface area contributed by atoms with Gasteiger partial charge in [-0.2, -0.15) is 0 Å². The highest BCUT2D eigenvalue weighted by Gasteiger charge is 2.55. The third-order valence-corrected chi connectivity index (χ3v) is 4.50. The highest BCUT2D eigenvalue weighted by atomic mass is 16.4. The molecule has 3 rings (SSSR count). The summed E-state index contributed by atoms with van der Waals surface area (Å²) in [5.41, 5.74) is -0.106. The van der Waals surface area contributed by atoms with E-state index >= 15 is 0 Å². The number of likely N-dealkylation sites (tertiary alicyclic amines) is 1. The quantitative estimate of drug-likeness (QED) is 0.862. The lowest BCUT2D eigenvalue weighted by molar-refractivity contribution is -0.149. The summed E-state index contributed by atoms with van der Waals surface area (Å²) in [6, 6.07) is 3.26. The highest BCUT2D eigenvalue weighted by Crippen LogP contribution is 2.48. The van der Waals surface area contributed by atoms with Gasteiger partial charge in [0.15, 0.2) is 0 Å². The van der Waals surface area contributed by atoms with Crippen molar-refractivity contribution in [3.8, 4) is 0 Å². The Labute approximate surface area is 116 Å². The van der Waals surface area contributed by atoms with E-state index in [9.17, 15) is 14.7 Å². The second-order valence-corrected chi connectivity index (χ2v) is 5.60. The zero-order valence-electron chi connectivity index (χ0n) is 11.1. The Morgan fingerprint density at radius 2 is 2.35 bits per heavy atom. The largest absolute Gasteiger partial charge is 0.481 e. The van der Waals surface area contributed by atoms with Crippen molar-refractivity contribution < 1.29 is 14.7 Å². The predicted molar refractivity (Wildman–Crippen MR) is 72.2 cm³/mol. The molecule has 1 saturated heterocycles.